The number of nitrogens with one attached hydrogen (secondary N) is 4. The van der Waals surface area contributed by atoms with Crippen LogP contribution in [0.3, 0.4) is 0 Å². The summed E-state index contributed by atoms with van der Waals surface area (Å²) in [6, 6.07) is 18.7. The van der Waals surface area contributed by atoms with Crippen LogP contribution in [0.25, 0.3) is 11.0 Å². The maximum atomic E-state index is 14.7. The predicted octanol–water partition coefficient (Wildman–Crippen LogP) is 3.17. The number of aryl methyl sites for hydroxylation is 2. The van der Waals surface area contributed by atoms with Gasteiger partial charge in [0.1, 0.15) is 29.8 Å². The van der Waals surface area contributed by atoms with Crippen molar-refractivity contribution in [2.75, 3.05) is 13.1 Å². The molecule has 3 aliphatic heterocycles. The molecule has 3 aliphatic rings. The van der Waals surface area contributed by atoms with Crippen LogP contribution in [0.15, 0.2) is 83.7 Å². The Morgan fingerprint density at radius 3 is 2.16 bits per heavy atom. The summed E-state index contributed by atoms with van der Waals surface area (Å²) in [5.74, 6) is -3.52. The molecule has 372 valence electrons. The monoisotopic (exact) mass is 961 g/mol. The van der Waals surface area contributed by atoms with E-state index in [2.05, 4.69) is 21.3 Å². The van der Waals surface area contributed by atoms with Gasteiger partial charge in [0.2, 0.25) is 41.4 Å². The summed E-state index contributed by atoms with van der Waals surface area (Å²) in [6.45, 7) is 5.08. The van der Waals surface area contributed by atoms with Gasteiger partial charge in [-0.25, -0.2) is 9.59 Å². The van der Waals surface area contributed by atoms with Crippen LogP contribution in [-0.4, -0.2) is 109 Å². The van der Waals surface area contributed by atoms with Gasteiger partial charge in [0.05, 0.1) is 23.6 Å². The number of carbonyl (C=O) groups excluding carboxylic acids is 8. The molecule has 6 N–H and O–H groups in total. The number of para-hydroxylation sites is 1. The maximum absolute atomic E-state index is 14.7. The van der Waals surface area contributed by atoms with Crippen LogP contribution in [0.1, 0.15) is 114 Å². The van der Waals surface area contributed by atoms with Gasteiger partial charge in [0.15, 0.2) is 0 Å². The van der Waals surface area contributed by atoms with E-state index in [1.807, 2.05) is 72.8 Å². The topological polar surface area (TPSA) is 253 Å². The molecule has 3 aromatic carbocycles. The summed E-state index contributed by atoms with van der Waals surface area (Å²) >= 11 is 0. The number of primary amides is 1. The lowest BCUT2D eigenvalue weighted by Gasteiger charge is -2.39. The summed E-state index contributed by atoms with van der Waals surface area (Å²) in [7, 11) is 1.64. The number of nitrogens with two attached hydrogens (primary N) is 1. The SMILES string of the molecule is Cn1c(=O)n(C2CCC(=O)NC2=O)c2cccc(CCCCC(=O)N3CC[C@H]4CC[C@@H](C(=O)N[C@@H](CCC(N)=O)C(=O)NC(c5ccccc5)c5ccccc5)N4C(=O)[C@@H](NC(=O)OC(C)(C)C)C3)c21. The van der Waals surface area contributed by atoms with Gasteiger partial charge >= 0.3 is 11.8 Å². The van der Waals surface area contributed by atoms with Crippen molar-refractivity contribution in [1.29, 1.82) is 0 Å². The fraction of sp³-hybridized carbons (Fsp3) is 0.471. The van der Waals surface area contributed by atoms with Crippen molar-refractivity contribution in [3.63, 3.8) is 0 Å². The van der Waals surface area contributed by atoms with Crippen molar-refractivity contribution in [3.8, 4) is 0 Å². The highest BCUT2D eigenvalue weighted by atomic mass is 16.6. The fourth-order valence-electron chi connectivity index (χ4n) is 9.83. The normalized spacial score (nSPS) is 20.0. The molecule has 4 heterocycles. The molecule has 70 heavy (non-hydrogen) atoms. The minimum Gasteiger partial charge on any atom is -0.444 e. The number of ether oxygens (including phenoxy) is 1. The number of alkyl carbamates (subject to hydrolysis) is 1. The lowest BCUT2D eigenvalue weighted by molar-refractivity contribution is -0.146. The Morgan fingerprint density at radius 1 is 0.829 bits per heavy atom. The second kappa shape index (κ2) is 22.0. The molecule has 19 nitrogen and oxygen atoms in total. The molecule has 1 unspecified atom stereocenters. The highest BCUT2D eigenvalue weighted by molar-refractivity contribution is 6.00. The molecular formula is C51H63N9O10. The Balaban J connectivity index is 1.04. The average Bonchev–Trinajstić information content (AvgIpc) is 3.85. The first-order valence-electron chi connectivity index (χ1n) is 24.0. The molecule has 8 amide bonds. The highest BCUT2D eigenvalue weighted by Crippen LogP contribution is 2.31. The molecule has 7 rings (SSSR count). The van der Waals surface area contributed by atoms with E-state index >= 15 is 0 Å². The zero-order valence-electron chi connectivity index (χ0n) is 40.1. The summed E-state index contributed by atoms with van der Waals surface area (Å²) in [6.07, 6.45) is 1.86. The molecule has 0 radical (unpaired) electrons. The molecule has 19 heteroatoms. The summed E-state index contributed by atoms with van der Waals surface area (Å²) in [5.41, 5.74) is 7.94. The standard InChI is InChI=1S/C51H63N9O10/c1-51(2,3)70-49(68)54-36-30-58(42(63)21-12-11-18-33-19-13-20-37-44(33)57(4)50(69)60(37)39-25-27-41(62)55-47(39)66)29-28-34-22-24-38(59(34)48(36)67)46(65)53-35(23-26-40(52)61)45(64)56-43(31-14-7-5-8-15-31)32-16-9-6-10-17-32/h5-10,13-17,19-20,34-36,38-39,43H,11-12,18,21-30H2,1-4H3,(H2,52,61)(H,53,65)(H,54,68)(H,56,64)(H,55,62,66)/t34-,35+,36+,38+,39?/m1/s1. The average molecular weight is 962 g/mol. The number of fused-ring (bicyclic) bond motifs is 2. The molecule has 5 atom stereocenters. The molecule has 0 saturated carbocycles. The van der Waals surface area contributed by atoms with E-state index < -0.39 is 77.5 Å². The molecule has 3 saturated heterocycles. The largest absolute Gasteiger partial charge is 0.444 e. The third-order valence-electron chi connectivity index (χ3n) is 13.2. The van der Waals surface area contributed by atoms with Gasteiger partial charge in [-0.2, -0.15) is 0 Å². The van der Waals surface area contributed by atoms with Crippen LogP contribution in [0.5, 0.6) is 0 Å². The third-order valence-corrected chi connectivity index (χ3v) is 13.2. The maximum Gasteiger partial charge on any atom is 0.408 e. The van der Waals surface area contributed by atoms with Crippen LogP contribution in [0, 0.1) is 0 Å². The third kappa shape index (κ3) is 11.9. The molecule has 0 bridgehead atoms. The number of amides is 8. The highest BCUT2D eigenvalue weighted by Gasteiger charge is 2.46. The van der Waals surface area contributed by atoms with E-state index in [0.29, 0.717) is 43.1 Å². The summed E-state index contributed by atoms with van der Waals surface area (Å²) in [4.78, 5) is 124. The molecule has 1 aromatic heterocycles. The zero-order chi connectivity index (χ0) is 50.3. The molecule has 0 spiro atoms. The first-order chi connectivity index (χ1) is 33.4. The smallest absolute Gasteiger partial charge is 0.408 e. The quantitative estimate of drug-likeness (QED) is 0.0810. The van der Waals surface area contributed by atoms with Crippen LogP contribution in [-0.2, 0) is 51.8 Å². The fourth-order valence-corrected chi connectivity index (χ4v) is 9.83. The summed E-state index contributed by atoms with van der Waals surface area (Å²) < 4.78 is 8.47. The first-order valence-corrected chi connectivity index (χ1v) is 24.0. The number of unbranched alkanes of at least 4 members (excludes halogenated alkanes) is 1. The van der Waals surface area contributed by atoms with Gasteiger partial charge in [-0.15, -0.1) is 0 Å². The molecular weight excluding hydrogens is 899 g/mol. The lowest BCUT2D eigenvalue weighted by atomic mass is 9.98. The Morgan fingerprint density at radius 2 is 1.51 bits per heavy atom. The number of hydrogen-bond acceptors (Lipinski definition) is 10. The van der Waals surface area contributed by atoms with Gasteiger partial charge in [-0.05, 0) is 94.9 Å². The van der Waals surface area contributed by atoms with Crippen molar-refractivity contribution in [1.82, 2.24) is 40.2 Å². The van der Waals surface area contributed by atoms with Crippen LogP contribution < -0.4 is 32.7 Å². The van der Waals surface area contributed by atoms with Crippen LogP contribution >= 0.6 is 0 Å². The number of nitrogens with zero attached hydrogens (tertiary/aromatic N) is 4. The second-order valence-electron chi connectivity index (χ2n) is 19.3. The van der Waals surface area contributed by atoms with E-state index in [4.69, 9.17) is 10.5 Å². The van der Waals surface area contributed by atoms with Gasteiger partial charge in [-0.1, -0.05) is 72.8 Å². The lowest BCUT2D eigenvalue weighted by Crippen LogP contribution is -2.62. The van der Waals surface area contributed by atoms with Gasteiger partial charge in [-0.3, -0.25) is 48.0 Å². The Kier molecular flexibility index (Phi) is 15.9. The first kappa shape index (κ1) is 50.6. The molecule has 3 fully saturated rings. The molecule has 0 aliphatic carbocycles. The van der Waals surface area contributed by atoms with E-state index in [1.54, 1.807) is 38.8 Å². The van der Waals surface area contributed by atoms with Crippen molar-refractivity contribution in [3.05, 3.63) is 106 Å². The van der Waals surface area contributed by atoms with Crippen LogP contribution in [0.4, 0.5) is 4.79 Å². The van der Waals surface area contributed by atoms with Crippen molar-refractivity contribution < 1.29 is 43.1 Å². The predicted molar refractivity (Wildman–Crippen MR) is 257 cm³/mol. The van der Waals surface area contributed by atoms with E-state index in [9.17, 15) is 43.2 Å². The zero-order valence-corrected chi connectivity index (χ0v) is 40.1. The van der Waals surface area contributed by atoms with Crippen LogP contribution in [0.2, 0.25) is 0 Å². The van der Waals surface area contributed by atoms with E-state index in [1.165, 1.54) is 14.0 Å². The van der Waals surface area contributed by atoms with Crippen molar-refractivity contribution in [2.24, 2.45) is 12.8 Å². The number of hydrogen-bond donors (Lipinski definition) is 5. The number of rotatable bonds is 16. The summed E-state index contributed by atoms with van der Waals surface area (Å²) in [5, 5.41) is 10.9. The molecule has 4 aromatic rings. The second-order valence-corrected chi connectivity index (χ2v) is 19.3. The number of carbonyl (C=O) groups is 8. The van der Waals surface area contributed by atoms with Crippen molar-refractivity contribution >= 4 is 58.5 Å². The Labute approximate surface area is 405 Å². The number of imidazole rings is 1. The number of imide groups is 1. The van der Waals surface area contributed by atoms with E-state index in [-0.39, 0.29) is 69.1 Å². The minimum absolute atomic E-state index is 0.0966. The number of aromatic nitrogens is 2. The Hall–Kier alpha value is -7.31. The number of piperidine rings is 1. The Bertz CT molecular complexity index is 2640. The van der Waals surface area contributed by atoms with Gasteiger partial charge < -0.3 is 36.2 Å². The number of benzene rings is 3. The minimum atomic E-state index is -1.28. The van der Waals surface area contributed by atoms with Crippen molar-refractivity contribution in [2.45, 2.75) is 133 Å². The van der Waals surface area contributed by atoms with Gasteiger partial charge in [0, 0.05) is 38.9 Å². The van der Waals surface area contributed by atoms with Gasteiger partial charge in [0.25, 0.3) is 0 Å². The van der Waals surface area contributed by atoms with E-state index in [0.717, 1.165) is 16.7 Å².